The third-order valence-corrected chi connectivity index (χ3v) is 1.87. The van der Waals surface area contributed by atoms with Crippen molar-refractivity contribution in [3.8, 4) is 0 Å². The summed E-state index contributed by atoms with van der Waals surface area (Å²) in [5, 5.41) is 2.84. The lowest BCUT2D eigenvalue weighted by Crippen LogP contribution is -2.14. The maximum atomic E-state index is 10.7. The molecule has 0 aliphatic carbocycles. The fourth-order valence-corrected chi connectivity index (χ4v) is 1.50. The van der Waals surface area contributed by atoms with Gasteiger partial charge in [0.15, 0.2) is 0 Å². The van der Waals surface area contributed by atoms with Crippen LogP contribution in [-0.2, 0) is 4.79 Å². The molecule has 1 N–H and O–H groups in total. The molecule has 2 nitrogen and oxygen atoms in total. The maximum absolute atomic E-state index is 10.7. The number of carbonyl (C=O) groups is 1. The molecule has 1 saturated heterocycles. The van der Waals surface area contributed by atoms with Crippen molar-refractivity contribution in [2.45, 2.75) is 26.7 Å². The highest BCUT2D eigenvalue weighted by Gasteiger charge is 2.21. The SMILES string of the molecule is CC(C)C[C@@H]1CNC(=O)C1. The van der Waals surface area contributed by atoms with Crippen molar-refractivity contribution in [1.82, 2.24) is 5.32 Å². The van der Waals surface area contributed by atoms with Gasteiger partial charge in [0.25, 0.3) is 0 Å². The Labute approximate surface area is 62.0 Å². The minimum atomic E-state index is 0.227. The quantitative estimate of drug-likeness (QED) is 0.614. The van der Waals surface area contributed by atoms with Gasteiger partial charge in [-0.2, -0.15) is 0 Å². The molecule has 0 saturated carbocycles. The highest BCUT2D eigenvalue weighted by atomic mass is 16.1. The molecule has 10 heavy (non-hydrogen) atoms. The summed E-state index contributed by atoms with van der Waals surface area (Å²) in [6.45, 7) is 5.29. The Balaban J connectivity index is 2.24. The summed E-state index contributed by atoms with van der Waals surface area (Å²) in [4.78, 5) is 10.7. The summed E-state index contributed by atoms with van der Waals surface area (Å²) >= 11 is 0. The van der Waals surface area contributed by atoms with E-state index in [-0.39, 0.29) is 5.91 Å². The Kier molecular flexibility index (Phi) is 2.30. The number of carbonyl (C=O) groups excluding carboxylic acids is 1. The number of amides is 1. The fourth-order valence-electron chi connectivity index (χ4n) is 1.50. The third kappa shape index (κ3) is 2.01. The standard InChI is InChI=1S/C8H15NO/c1-6(2)3-7-4-8(10)9-5-7/h6-7H,3-5H2,1-2H3,(H,9,10)/t7-/m0/s1. The predicted octanol–water partition coefficient (Wildman–Crippen LogP) is 1.17. The molecule has 0 aromatic rings. The molecule has 0 aromatic heterocycles. The van der Waals surface area contributed by atoms with Gasteiger partial charge in [0.2, 0.25) is 5.91 Å². The number of nitrogens with one attached hydrogen (secondary N) is 1. The van der Waals surface area contributed by atoms with E-state index in [9.17, 15) is 4.79 Å². The van der Waals surface area contributed by atoms with Crippen LogP contribution >= 0.6 is 0 Å². The van der Waals surface area contributed by atoms with E-state index in [4.69, 9.17) is 0 Å². The lowest BCUT2D eigenvalue weighted by molar-refractivity contribution is -0.119. The molecule has 1 heterocycles. The number of hydrogen-bond donors (Lipinski definition) is 1. The summed E-state index contributed by atoms with van der Waals surface area (Å²) in [6, 6.07) is 0. The first-order chi connectivity index (χ1) is 4.68. The molecule has 0 bridgehead atoms. The summed E-state index contributed by atoms with van der Waals surface area (Å²) in [5.74, 6) is 1.55. The molecule has 0 aromatic carbocycles. The topological polar surface area (TPSA) is 29.1 Å². The number of rotatable bonds is 2. The van der Waals surface area contributed by atoms with Crippen molar-refractivity contribution in [2.24, 2.45) is 11.8 Å². The van der Waals surface area contributed by atoms with Gasteiger partial charge in [-0.25, -0.2) is 0 Å². The van der Waals surface area contributed by atoms with Gasteiger partial charge >= 0.3 is 0 Å². The molecule has 1 amide bonds. The predicted molar refractivity (Wildman–Crippen MR) is 40.6 cm³/mol. The first kappa shape index (κ1) is 7.58. The Morgan fingerprint density at radius 3 is 2.80 bits per heavy atom. The van der Waals surface area contributed by atoms with Crippen LogP contribution in [0.4, 0.5) is 0 Å². The van der Waals surface area contributed by atoms with E-state index < -0.39 is 0 Å². The molecular weight excluding hydrogens is 126 g/mol. The van der Waals surface area contributed by atoms with E-state index >= 15 is 0 Å². The van der Waals surface area contributed by atoms with Crippen LogP contribution in [0.3, 0.4) is 0 Å². The zero-order valence-electron chi connectivity index (χ0n) is 6.68. The van der Waals surface area contributed by atoms with Crippen molar-refractivity contribution < 1.29 is 4.79 Å². The van der Waals surface area contributed by atoms with Crippen LogP contribution in [-0.4, -0.2) is 12.5 Å². The number of hydrogen-bond acceptors (Lipinski definition) is 1. The monoisotopic (exact) mass is 141 g/mol. The average molecular weight is 141 g/mol. The molecule has 58 valence electrons. The zero-order valence-corrected chi connectivity index (χ0v) is 6.68. The molecular formula is C8H15NO. The van der Waals surface area contributed by atoms with Crippen LogP contribution in [0, 0.1) is 11.8 Å². The summed E-state index contributed by atoms with van der Waals surface area (Å²) in [6.07, 6.45) is 1.93. The molecule has 1 rings (SSSR count). The minimum Gasteiger partial charge on any atom is -0.356 e. The Bertz CT molecular complexity index is 131. The molecule has 1 atom stereocenters. The highest BCUT2D eigenvalue weighted by molar-refractivity contribution is 5.78. The third-order valence-electron chi connectivity index (χ3n) is 1.87. The molecule has 1 aliphatic heterocycles. The van der Waals surface area contributed by atoms with Gasteiger partial charge < -0.3 is 5.32 Å². The lowest BCUT2D eigenvalue weighted by Gasteiger charge is -2.08. The summed E-state index contributed by atoms with van der Waals surface area (Å²) in [7, 11) is 0. The molecule has 1 fully saturated rings. The van der Waals surface area contributed by atoms with Gasteiger partial charge in [0.1, 0.15) is 0 Å². The van der Waals surface area contributed by atoms with E-state index in [1.165, 1.54) is 6.42 Å². The van der Waals surface area contributed by atoms with Crippen molar-refractivity contribution in [3.63, 3.8) is 0 Å². The first-order valence-corrected chi connectivity index (χ1v) is 3.95. The van der Waals surface area contributed by atoms with Gasteiger partial charge in [-0.1, -0.05) is 13.8 Å². The Hall–Kier alpha value is -0.530. The van der Waals surface area contributed by atoms with E-state index in [2.05, 4.69) is 19.2 Å². The van der Waals surface area contributed by atoms with Crippen molar-refractivity contribution in [2.75, 3.05) is 6.54 Å². The average Bonchev–Trinajstić information content (AvgIpc) is 2.13. The Morgan fingerprint density at radius 1 is 1.70 bits per heavy atom. The summed E-state index contributed by atoms with van der Waals surface area (Å²) in [5.41, 5.74) is 0. The first-order valence-electron chi connectivity index (χ1n) is 3.95. The minimum absolute atomic E-state index is 0.227. The van der Waals surface area contributed by atoms with Gasteiger partial charge in [-0.05, 0) is 18.3 Å². The second-order valence-corrected chi connectivity index (χ2v) is 3.50. The zero-order chi connectivity index (χ0) is 7.56. The molecule has 1 aliphatic rings. The van der Waals surface area contributed by atoms with Gasteiger partial charge in [0, 0.05) is 13.0 Å². The van der Waals surface area contributed by atoms with Crippen LogP contribution in [0.15, 0.2) is 0 Å². The normalized spacial score (nSPS) is 25.5. The second kappa shape index (κ2) is 3.04. The molecule has 0 spiro atoms. The smallest absolute Gasteiger partial charge is 0.220 e. The van der Waals surface area contributed by atoms with Crippen LogP contribution in [0.25, 0.3) is 0 Å². The van der Waals surface area contributed by atoms with E-state index in [0.29, 0.717) is 5.92 Å². The lowest BCUT2D eigenvalue weighted by atomic mass is 9.97. The molecule has 0 unspecified atom stereocenters. The van der Waals surface area contributed by atoms with Gasteiger partial charge in [-0.15, -0.1) is 0 Å². The fraction of sp³-hybridized carbons (Fsp3) is 0.875. The van der Waals surface area contributed by atoms with Crippen LogP contribution < -0.4 is 5.32 Å². The van der Waals surface area contributed by atoms with Crippen molar-refractivity contribution >= 4 is 5.91 Å². The van der Waals surface area contributed by atoms with E-state index in [1.54, 1.807) is 0 Å². The molecule has 0 radical (unpaired) electrons. The molecule has 2 heteroatoms. The maximum Gasteiger partial charge on any atom is 0.220 e. The van der Waals surface area contributed by atoms with Crippen molar-refractivity contribution in [3.05, 3.63) is 0 Å². The highest BCUT2D eigenvalue weighted by Crippen LogP contribution is 2.17. The van der Waals surface area contributed by atoms with Crippen LogP contribution in [0.1, 0.15) is 26.7 Å². The summed E-state index contributed by atoms with van der Waals surface area (Å²) < 4.78 is 0. The largest absolute Gasteiger partial charge is 0.356 e. The van der Waals surface area contributed by atoms with Gasteiger partial charge in [-0.3, -0.25) is 4.79 Å². The van der Waals surface area contributed by atoms with E-state index in [1.807, 2.05) is 0 Å². The van der Waals surface area contributed by atoms with E-state index in [0.717, 1.165) is 18.9 Å². The Morgan fingerprint density at radius 2 is 2.40 bits per heavy atom. The van der Waals surface area contributed by atoms with Crippen LogP contribution in [0.5, 0.6) is 0 Å². The van der Waals surface area contributed by atoms with Gasteiger partial charge in [0.05, 0.1) is 0 Å². The van der Waals surface area contributed by atoms with Crippen LogP contribution in [0.2, 0.25) is 0 Å². The van der Waals surface area contributed by atoms with Crippen molar-refractivity contribution in [1.29, 1.82) is 0 Å². The second-order valence-electron chi connectivity index (χ2n) is 3.50.